The summed E-state index contributed by atoms with van der Waals surface area (Å²) < 4.78 is 0. The number of hydrogen-bond acceptors (Lipinski definition) is 2. The summed E-state index contributed by atoms with van der Waals surface area (Å²) in [6.07, 6.45) is 0. The third-order valence-corrected chi connectivity index (χ3v) is 3.36. The van der Waals surface area contributed by atoms with Crippen molar-refractivity contribution in [1.82, 2.24) is 4.90 Å². The average molecular weight is 248 g/mol. The van der Waals surface area contributed by atoms with Crippen LogP contribution in [0.25, 0.3) is 0 Å². The van der Waals surface area contributed by atoms with Gasteiger partial charge < -0.3 is 15.3 Å². The quantitative estimate of drug-likeness (QED) is 0.839. The molecule has 2 rings (SSSR count). The molecule has 18 heavy (non-hydrogen) atoms. The summed E-state index contributed by atoms with van der Waals surface area (Å²) >= 11 is 0. The molecule has 1 saturated heterocycles. The first-order valence-electron chi connectivity index (χ1n) is 5.84. The van der Waals surface area contributed by atoms with Crippen molar-refractivity contribution in [2.45, 2.75) is 13.8 Å². The van der Waals surface area contributed by atoms with E-state index in [0.29, 0.717) is 0 Å². The molecule has 2 N–H and O–H groups in total. The summed E-state index contributed by atoms with van der Waals surface area (Å²) in [7, 11) is 0. The molecule has 1 fully saturated rings. The maximum atomic E-state index is 11.8. The van der Waals surface area contributed by atoms with E-state index in [2.05, 4.69) is 5.32 Å². The molecule has 1 aromatic carbocycles. The molecule has 0 radical (unpaired) electrons. The average Bonchev–Trinajstić information content (AvgIpc) is 2.22. The molecular weight excluding hydrogens is 232 g/mol. The first-order valence-corrected chi connectivity index (χ1v) is 5.84. The number of aliphatic carboxylic acids is 1. The van der Waals surface area contributed by atoms with Crippen molar-refractivity contribution in [1.29, 1.82) is 0 Å². The van der Waals surface area contributed by atoms with Crippen LogP contribution >= 0.6 is 0 Å². The van der Waals surface area contributed by atoms with Crippen LogP contribution in [0.15, 0.2) is 18.2 Å². The van der Waals surface area contributed by atoms with Crippen LogP contribution in [0.3, 0.4) is 0 Å². The lowest BCUT2D eigenvalue weighted by Gasteiger charge is -2.36. The van der Waals surface area contributed by atoms with Gasteiger partial charge in [0.25, 0.3) is 0 Å². The molecule has 1 heterocycles. The van der Waals surface area contributed by atoms with Gasteiger partial charge in [0, 0.05) is 18.8 Å². The van der Waals surface area contributed by atoms with Gasteiger partial charge in [0.15, 0.2) is 0 Å². The van der Waals surface area contributed by atoms with Crippen LogP contribution in [-0.2, 0) is 4.79 Å². The number of carbonyl (C=O) groups excluding carboxylic acids is 1. The van der Waals surface area contributed by atoms with Crippen LogP contribution in [-0.4, -0.2) is 35.1 Å². The van der Waals surface area contributed by atoms with E-state index < -0.39 is 11.9 Å². The van der Waals surface area contributed by atoms with Gasteiger partial charge in [-0.25, -0.2) is 4.79 Å². The van der Waals surface area contributed by atoms with Crippen molar-refractivity contribution in [3.63, 3.8) is 0 Å². The fourth-order valence-corrected chi connectivity index (χ4v) is 1.88. The highest BCUT2D eigenvalue weighted by Gasteiger charge is 2.35. The number of carboxylic acids is 1. The van der Waals surface area contributed by atoms with E-state index in [-0.39, 0.29) is 19.1 Å². The lowest BCUT2D eigenvalue weighted by Crippen LogP contribution is -2.54. The molecule has 1 aliphatic rings. The van der Waals surface area contributed by atoms with Crippen molar-refractivity contribution < 1.29 is 14.7 Å². The molecule has 0 spiro atoms. The van der Waals surface area contributed by atoms with E-state index in [1.54, 1.807) is 0 Å². The first-order chi connectivity index (χ1) is 8.49. The zero-order chi connectivity index (χ0) is 13.3. The minimum atomic E-state index is -0.842. The van der Waals surface area contributed by atoms with Gasteiger partial charge in [-0.15, -0.1) is 0 Å². The molecule has 1 aromatic rings. The number of benzene rings is 1. The fourth-order valence-electron chi connectivity index (χ4n) is 1.88. The molecule has 0 aromatic heterocycles. The number of anilines is 1. The summed E-state index contributed by atoms with van der Waals surface area (Å²) in [5.41, 5.74) is 2.92. The lowest BCUT2D eigenvalue weighted by atomic mass is 10.0. The normalized spacial score (nSPS) is 15.1. The summed E-state index contributed by atoms with van der Waals surface area (Å²) in [6.45, 7) is 4.49. The van der Waals surface area contributed by atoms with Gasteiger partial charge in [-0.2, -0.15) is 0 Å². The Balaban J connectivity index is 1.97. The molecule has 1 aliphatic heterocycles. The number of nitrogens with one attached hydrogen (secondary N) is 1. The molecule has 2 amide bonds. The molecule has 0 unspecified atom stereocenters. The standard InChI is InChI=1S/C13H16N2O3/c1-8-4-3-5-11(9(8)2)14-13(18)15-6-10(7-15)12(16)17/h3-5,10H,6-7H2,1-2H3,(H,14,18)(H,16,17). The van der Waals surface area contributed by atoms with E-state index in [4.69, 9.17) is 5.11 Å². The highest BCUT2D eigenvalue weighted by Crippen LogP contribution is 2.21. The molecule has 5 nitrogen and oxygen atoms in total. The Hall–Kier alpha value is -2.04. The Bertz CT molecular complexity index is 493. The largest absolute Gasteiger partial charge is 0.481 e. The highest BCUT2D eigenvalue weighted by atomic mass is 16.4. The Labute approximate surface area is 105 Å². The topological polar surface area (TPSA) is 69.6 Å². The first kappa shape index (κ1) is 12.4. The SMILES string of the molecule is Cc1cccc(NC(=O)N2CC(C(=O)O)C2)c1C. The minimum absolute atomic E-state index is 0.235. The summed E-state index contributed by atoms with van der Waals surface area (Å²) in [5, 5.41) is 11.6. The summed E-state index contributed by atoms with van der Waals surface area (Å²) in [4.78, 5) is 24.0. The Morgan fingerprint density at radius 1 is 1.33 bits per heavy atom. The van der Waals surface area contributed by atoms with Crippen LogP contribution in [0.1, 0.15) is 11.1 Å². The van der Waals surface area contributed by atoms with E-state index >= 15 is 0 Å². The zero-order valence-corrected chi connectivity index (χ0v) is 10.4. The highest BCUT2D eigenvalue weighted by molar-refractivity contribution is 5.91. The Morgan fingerprint density at radius 3 is 2.61 bits per heavy atom. The van der Waals surface area contributed by atoms with E-state index in [1.807, 2.05) is 32.0 Å². The lowest BCUT2D eigenvalue weighted by molar-refractivity contribution is -0.145. The molecular formula is C13H16N2O3. The van der Waals surface area contributed by atoms with Crippen molar-refractivity contribution in [2.24, 2.45) is 5.92 Å². The molecule has 0 atom stereocenters. The maximum absolute atomic E-state index is 11.8. The summed E-state index contributed by atoms with van der Waals surface area (Å²) in [6, 6.07) is 5.47. The van der Waals surface area contributed by atoms with Gasteiger partial charge in [-0.1, -0.05) is 12.1 Å². The third kappa shape index (κ3) is 2.30. The maximum Gasteiger partial charge on any atom is 0.321 e. The molecule has 0 aliphatic carbocycles. The number of amides is 2. The van der Waals surface area contributed by atoms with Gasteiger partial charge in [0.2, 0.25) is 0 Å². The van der Waals surface area contributed by atoms with E-state index in [0.717, 1.165) is 16.8 Å². The number of likely N-dealkylation sites (tertiary alicyclic amines) is 1. The van der Waals surface area contributed by atoms with Crippen LogP contribution in [0.4, 0.5) is 10.5 Å². The van der Waals surface area contributed by atoms with Gasteiger partial charge in [0.1, 0.15) is 0 Å². The molecule has 0 saturated carbocycles. The van der Waals surface area contributed by atoms with Crippen LogP contribution in [0.5, 0.6) is 0 Å². The predicted octanol–water partition coefficient (Wildman–Crippen LogP) is 1.85. The van der Waals surface area contributed by atoms with Gasteiger partial charge in [-0.05, 0) is 31.0 Å². The second-order valence-corrected chi connectivity index (χ2v) is 4.62. The van der Waals surface area contributed by atoms with Crippen molar-refractivity contribution in [2.75, 3.05) is 18.4 Å². The number of urea groups is 1. The van der Waals surface area contributed by atoms with Gasteiger partial charge in [-0.3, -0.25) is 4.79 Å². The molecule has 96 valence electrons. The second-order valence-electron chi connectivity index (χ2n) is 4.62. The van der Waals surface area contributed by atoms with Crippen molar-refractivity contribution >= 4 is 17.7 Å². The van der Waals surface area contributed by atoms with Crippen LogP contribution in [0, 0.1) is 19.8 Å². The molecule has 5 heteroatoms. The number of aryl methyl sites for hydroxylation is 1. The number of carboxylic acid groups (broad SMARTS) is 1. The number of carbonyl (C=O) groups is 2. The smallest absolute Gasteiger partial charge is 0.321 e. The van der Waals surface area contributed by atoms with E-state index in [9.17, 15) is 9.59 Å². The second kappa shape index (κ2) is 4.68. The van der Waals surface area contributed by atoms with Crippen molar-refractivity contribution in [3.8, 4) is 0 Å². The monoisotopic (exact) mass is 248 g/mol. The number of rotatable bonds is 2. The van der Waals surface area contributed by atoms with Crippen LogP contribution < -0.4 is 5.32 Å². The minimum Gasteiger partial charge on any atom is -0.481 e. The zero-order valence-electron chi connectivity index (χ0n) is 10.4. The Kier molecular flexibility index (Phi) is 3.23. The molecule has 0 bridgehead atoms. The summed E-state index contributed by atoms with van der Waals surface area (Å²) in [5.74, 6) is -1.26. The van der Waals surface area contributed by atoms with Crippen molar-refractivity contribution in [3.05, 3.63) is 29.3 Å². The van der Waals surface area contributed by atoms with Gasteiger partial charge >= 0.3 is 12.0 Å². The van der Waals surface area contributed by atoms with Gasteiger partial charge in [0.05, 0.1) is 5.92 Å². The predicted molar refractivity (Wildman–Crippen MR) is 67.6 cm³/mol. The number of hydrogen-bond donors (Lipinski definition) is 2. The third-order valence-electron chi connectivity index (χ3n) is 3.36. The van der Waals surface area contributed by atoms with E-state index in [1.165, 1.54) is 4.90 Å². The number of nitrogens with zero attached hydrogens (tertiary/aromatic N) is 1. The fraction of sp³-hybridized carbons (Fsp3) is 0.385. The van der Waals surface area contributed by atoms with Crippen LogP contribution in [0.2, 0.25) is 0 Å². The Morgan fingerprint density at radius 2 is 2.00 bits per heavy atom.